The molecule has 0 aliphatic carbocycles. The van der Waals surface area contributed by atoms with Crippen molar-refractivity contribution in [2.45, 2.75) is 17.7 Å². The summed E-state index contributed by atoms with van der Waals surface area (Å²) in [4.78, 5) is 18.3. The first-order valence-electron chi connectivity index (χ1n) is 10.2. The molecule has 0 saturated carbocycles. The molecule has 1 N–H and O–H groups in total. The standard InChI is InChI=1S/C22H28N4O2S/c1-28-20-10-4-3-9-19(20)25-16-14-24(15-17-25)12-6-7-13-26-22(27)23-18-8-2-5-11-21(18)29-26/h2-5,8-11H,6-7,12-17H2,1H3,(H,23,27). The van der Waals surface area contributed by atoms with Gasteiger partial charge in [-0.3, -0.25) is 9.21 Å². The molecule has 2 aliphatic rings. The second-order valence-corrected chi connectivity index (χ2v) is 8.39. The van der Waals surface area contributed by atoms with Crippen LogP contribution in [-0.4, -0.2) is 61.6 Å². The summed E-state index contributed by atoms with van der Waals surface area (Å²) < 4.78 is 7.33. The number of hydrogen-bond donors (Lipinski definition) is 1. The third-order valence-electron chi connectivity index (χ3n) is 5.45. The van der Waals surface area contributed by atoms with Crippen LogP contribution in [0.5, 0.6) is 5.75 Å². The second kappa shape index (κ2) is 9.41. The van der Waals surface area contributed by atoms with Gasteiger partial charge in [-0.25, -0.2) is 4.79 Å². The van der Waals surface area contributed by atoms with Crippen molar-refractivity contribution in [3.05, 3.63) is 48.5 Å². The SMILES string of the molecule is COc1ccccc1N1CCN(CCCCN2Sc3ccccc3NC2=O)CC1. The van der Waals surface area contributed by atoms with Gasteiger partial charge in [0.15, 0.2) is 0 Å². The van der Waals surface area contributed by atoms with E-state index in [4.69, 9.17) is 4.74 Å². The summed E-state index contributed by atoms with van der Waals surface area (Å²) in [6.07, 6.45) is 2.11. The van der Waals surface area contributed by atoms with Crippen LogP contribution >= 0.6 is 11.9 Å². The van der Waals surface area contributed by atoms with Crippen LogP contribution < -0.4 is 15.0 Å². The largest absolute Gasteiger partial charge is 0.495 e. The van der Waals surface area contributed by atoms with Gasteiger partial charge in [-0.2, -0.15) is 0 Å². The van der Waals surface area contributed by atoms with E-state index in [2.05, 4.69) is 27.2 Å². The Balaban J connectivity index is 1.18. The van der Waals surface area contributed by atoms with Crippen LogP contribution in [0.3, 0.4) is 0 Å². The second-order valence-electron chi connectivity index (χ2n) is 7.33. The van der Waals surface area contributed by atoms with Crippen molar-refractivity contribution in [1.29, 1.82) is 0 Å². The van der Waals surface area contributed by atoms with E-state index < -0.39 is 0 Å². The normalized spacial score (nSPS) is 17.1. The fraction of sp³-hybridized carbons (Fsp3) is 0.409. The first-order chi connectivity index (χ1) is 14.2. The van der Waals surface area contributed by atoms with Gasteiger partial charge in [-0.05, 0) is 55.6 Å². The zero-order valence-corrected chi connectivity index (χ0v) is 17.7. The Morgan fingerprint density at radius 3 is 2.52 bits per heavy atom. The molecule has 29 heavy (non-hydrogen) atoms. The zero-order valence-electron chi connectivity index (χ0n) is 16.8. The number of carbonyl (C=O) groups excluding carboxylic acids is 1. The monoisotopic (exact) mass is 412 g/mol. The van der Waals surface area contributed by atoms with Gasteiger partial charge in [0.25, 0.3) is 0 Å². The highest BCUT2D eigenvalue weighted by Crippen LogP contribution is 2.34. The Kier molecular flexibility index (Phi) is 6.46. The van der Waals surface area contributed by atoms with Gasteiger partial charge in [0.05, 0.1) is 23.4 Å². The van der Waals surface area contributed by atoms with E-state index in [0.717, 1.165) is 68.4 Å². The van der Waals surface area contributed by atoms with Gasteiger partial charge in [0, 0.05) is 32.7 Å². The van der Waals surface area contributed by atoms with Crippen molar-refractivity contribution < 1.29 is 9.53 Å². The number of ether oxygens (including phenoxy) is 1. The lowest BCUT2D eigenvalue weighted by Crippen LogP contribution is -2.46. The van der Waals surface area contributed by atoms with Crippen LogP contribution in [0, 0.1) is 0 Å². The Bertz CT molecular complexity index is 839. The highest BCUT2D eigenvalue weighted by molar-refractivity contribution is 7.97. The Morgan fingerprint density at radius 1 is 0.966 bits per heavy atom. The van der Waals surface area contributed by atoms with Crippen molar-refractivity contribution in [1.82, 2.24) is 9.21 Å². The quantitative estimate of drug-likeness (QED) is 0.547. The third kappa shape index (κ3) is 4.79. The van der Waals surface area contributed by atoms with E-state index in [1.165, 1.54) is 5.69 Å². The molecule has 2 amide bonds. The predicted octanol–water partition coefficient (Wildman–Crippen LogP) is 4.15. The summed E-state index contributed by atoms with van der Waals surface area (Å²) in [5.74, 6) is 0.944. The minimum absolute atomic E-state index is 0.0147. The number of unbranched alkanes of at least 4 members (excludes halogenated alkanes) is 1. The number of piperazine rings is 1. The van der Waals surface area contributed by atoms with Crippen molar-refractivity contribution in [2.75, 3.05) is 56.6 Å². The van der Waals surface area contributed by atoms with Crippen molar-refractivity contribution >= 4 is 29.4 Å². The van der Waals surface area contributed by atoms with Gasteiger partial charge >= 0.3 is 6.03 Å². The molecule has 0 spiro atoms. The van der Waals surface area contributed by atoms with Gasteiger partial charge in [-0.15, -0.1) is 0 Å². The van der Waals surface area contributed by atoms with E-state index in [1.807, 2.05) is 40.7 Å². The average Bonchev–Trinajstić information content (AvgIpc) is 2.77. The minimum atomic E-state index is -0.0147. The molecule has 6 nitrogen and oxygen atoms in total. The molecule has 0 atom stereocenters. The highest BCUT2D eigenvalue weighted by Gasteiger charge is 2.23. The topological polar surface area (TPSA) is 48.1 Å². The number of fused-ring (bicyclic) bond motifs is 1. The zero-order chi connectivity index (χ0) is 20.1. The number of urea groups is 1. The number of nitrogens with zero attached hydrogens (tertiary/aromatic N) is 3. The van der Waals surface area contributed by atoms with Crippen molar-refractivity contribution in [2.24, 2.45) is 0 Å². The van der Waals surface area contributed by atoms with Crippen LogP contribution in [0.15, 0.2) is 53.4 Å². The molecule has 2 aromatic rings. The lowest BCUT2D eigenvalue weighted by Gasteiger charge is -2.36. The van der Waals surface area contributed by atoms with E-state index in [0.29, 0.717) is 0 Å². The summed E-state index contributed by atoms with van der Waals surface area (Å²) in [6.45, 7) is 6.00. The molecule has 2 aromatic carbocycles. The highest BCUT2D eigenvalue weighted by atomic mass is 32.2. The number of benzene rings is 2. The molecule has 7 heteroatoms. The molecular weight excluding hydrogens is 384 g/mol. The molecule has 1 saturated heterocycles. The maximum atomic E-state index is 12.2. The summed E-state index contributed by atoms with van der Waals surface area (Å²) in [6, 6.07) is 16.2. The molecule has 0 aromatic heterocycles. The molecule has 2 heterocycles. The summed E-state index contributed by atoms with van der Waals surface area (Å²) in [5.41, 5.74) is 2.09. The van der Waals surface area contributed by atoms with Gasteiger partial charge in [0.2, 0.25) is 0 Å². The third-order valence-corrected chi connectivity index (χ3v) is 6.57. The molecule has 1 fully saturated rings. The number of carbonyl (C=O) groups is 1. The Hall–Kier alpha value is -2.38. The molecule has 2 aliphatic heterocycles. The van der Waals surface area contributed by atoms with Gasteiger partial charge < -0.3 is 15.0 Å². The first kappa shape index (κ1) is 19.9. The van der Waals surface area contributed by atoms with E-state index in [1.54, 1.807) is 19.1 Å². The molecule has 4 rings (SSSR count). The number of nitrogens with one attached hydrogen (secondary N) is 1. The number of para-hydroxylation sites is 3. The van der Waals surface area contributed by atoms with Crippen LogP contribution in [0.2, 0.25) is 0 Å². The summed E-state index contributed by atoms with van der Waals surface area (Å²) >= 11 is 1.54. The average molecular weight is 413 g/mol. The van der Waals surface area contributed by atoms with Crippen molar-refractivity contribution in [3.8, 4) is 5.75 Å². The van der Waals surface area contributed by atoms with Crippen LogP contribution in [-0.2, 0) is 0 Å². The van der Waals surface area contributed by atoms with E-state index in [-0.39, 0.29) is 6.03 Å². The van der Waals surface area contributed by atoms with Gasteiger partial charge in [0.1, 0.15) is 5.75 Å². The number of rotatable bonds is 7. The number of hydrogen-bond acceptors (Lipinski definition) is 5. The predicted molar refractivity (Wildman–Crippen MR) is 119 cm³/mol. The van der Waals surface area contributed by atoms with Crippen LogP contribution in [0.4, 0.5) is 16.2 Å². The lowest BCUT2D eigenvalue weighted by molar-refractivity contribution is 0.233. The number of anilines is 2. The van der Waals surface area contributed by atoms with Crippen molar-refractivity contribution in [3.63, 3.8) is 0 Å². The van der Waals surface area contributed by atoms with Crippen LogP contribution in [0.25, 0.3) is 0 Å². The first-order valence-corrected chi connectivity index (χ1v) is 11.0. The van der Waals surface area contributed by atoms with Gasteiger partial charge in [-0.1, -0.05) is 24.3 Å². The Labute approximate surface area is 176 Å². The summed E-state index contributed by atoms with van der Waals surface area (Å²) in [5, 5.41) is 2.97. The van der Waals surface area contributed by atoms with E-state index in [9.17, 15) is 4.79 Å². The molecular formula is C22H28N4O2S. The van der Waals surface area contributed by atoms with E-state index >= 15 is 0 Å². The summed E-state index contributed by atoms with van der Waals surface area (Å²) in [7, 11) is 1.73. The fourth-order valence-electron chi connectivity index (χ4n) is 3.83. The number of methoxy groups -OCH3 is 1. The molecule has 154 valence electrons. The maximum absolute atomic E-state index is 12.2. The van der Waals surface area contributed by atoms with Crippen LogP contribution in [0.1, 0.15) is 12.8 Å². The maximum Gasteiger partial charge on any atom is 0.332 e. The molecule has 0 bridgehead atoms. The number of amides is 2. The Morgan fingerprint density at radius 2 is 1.69 bits per heavy atom. The minimum Gasteiger partial charge on any atom is -0.495 e. The molecule has 0 radical (unpaired) electrons. The fourth-order valence-corrected chi connectivity index (χ4v) is 4.77. The lowest BCUT2D eigenvalue weighted by atomic mass is 10.2. The molecule has 0 unspecified atom stereocenters. The smallest absolute Gasteiger partial charge is 0.332 e.